The molecule has 2 fully saturated rings. The van der Waals surface area contributed by atoms with Gasteiger partial charge in [-0.05, 0) is 37.0 Å². The lowest BCUT2D eigenvalue weighted by atomic mass is 9.88. The van der Waals surface area contributed by atoms with E-state index in [0.717, 1.165) is 23.8 Å². The second-order valence-electron chi connectivity index (χ2n) is 6.90. The van der Waals surface area contributed by atoms with Crippen molar-refractivity contribution in [1.29, 1.82) is 0 Å². The van der Waals surface area contributed by atoms with Gasteiger partial charge in [-0.1, -0.05) is 49.9 Å². The topological polar surface area (TPSA) is 15.3 Å². The number of rotatable bonds is 2. The second kappa shape index (κ2) is 5.98. The summed E-state index contributed by atoms with van der Waals surface area (Å²) >= 11 is 12.5. The molecule has 2 nitrogen and oxygen atoms in total. The van der Waals surface area contributed by atoms with Crippen molar-refractivity contribution in [2.45, 2.75) is 51.1 Å². The molecule has 1 aliphatic carbocycles. The van der Waals surface area contributed by atoms with Crippen molar-refractivity contribution in [2.24, 2.45) is 5.92 Å². The Morgan fingerprint density at radius 2 is 1.95 bits per heavy atom. The van der Waals surface area contributed by atoms with Crippen molar-refractivity contribution in [2.75, 3.05) is 18.0 Å². The van der Waals surface area contributed by atoms with Crippen molar-refractivity contribution >= 4 is 28.9 Å². The van der Waals surface area contributed by atoms with E-state index < -0.39 is 0 Å². The Balaban J connectivity index is 1.93. The summed E-state index contributed by atoms with van der Waals surface area (Å²) in [5, 5.41) is 5.32. The van der Waals surface area contributed by atoms with Crippen LogP contribution < -0.4 is 10.2 Å². The van der Waals surface area contributed by atoms with Gasteiger partial charge >= 0.3 is 0 Å². The van der Waals surface area contributed by atoms with Crippen LogP contribution in [0.4, 0.5) is 5.69 Å². The highest BCUT2D eigenvalue weighted by Crippen LogP contribution is 2.39. The molecule has 1 N–H and O–H groups in total. The van der Waals surface area contributed by atoms with Gasteiger partial charge in [-0.3, -0.25) is 0 Å². The Morgan fingerprint density at radius 3 is 2.57 bits per heavy atom. The van der Waals surface area contributed by atoms with Crippen LogP contribution in [0, 0.1) is 5.92 Å². The quantitative estimate of drug-likeness (QED) is 0.844. The highest BCUT2D eigenvalue weighted by molar-refractivity contribution is 6.36. The maximum absolute atomic E-state index is 6.48. The first-order valence-electron chi connectivity index (χ1n) is 7.97. The number of piperazine rings is 1. The van der Waals surface area contributed by atoms with Crippen LogP contribution in [0.15, 0.2) is 18.2 Å². The lowest BCUT2D eigenvalue weighted by Crippen LogP contribution is -2.64. The van der Waals surface area contributed by atoms with Crippen LogP contribution >= 0.6 is 23.2 Å². The molecule has 2 aliphatic rings. The van der Waals surface area contributed by atoms with Gasteiger partial charge in [-0.25, -0.2) is 0 Å². The van der Waals surface area contributed by atoms with Crippen LogP contribution in [0.2, 0.25) is 10.0 Å². The molecule has 0 radical (unpaired) electrons. The van der Waals surface area contributed by atoms with Gasteiger partial charge in [-0.2, -0.15) is 0 Å². The molecule has 116 valence electrons. The summed E-state index contributed by atoms with van der Waals surface area (Å²) in [4.78, 5) is 2.52. The number of anilines is 1. The monoisotopic (exact) mass is 326 g/mol. The smallest absolute Gasteiger partial charge is 0.0654 e. The van der Waals surface area contributed by atoms with E-state index in [-0.39, 0.29) is 5.54 Å². The second-order valence-corrected chi connectivity index (χ2v) is 7.75. The first-order valence-corrected chi connectivity index (χ1v) is 8.73. The van der Waals surface area contributed by atoms with Crippen LogP contribution in [0.5, 0.6) is 0 Å². The molecule has 1 saturated heterocycles. The first kappa shape index (κ1) is 15.5. The van der Waals surface area contributed by atoms with Gasteiger partial charge in [-0.15, -0.1) is 0 Å². The predicted octanol–water partition coefficient (Wildman–Crippen LogP) is 4.74. The van der Waals surface area contributed by atoms with Crippen LogP contribution in [0.3, 0.4) is 0 Å². The first-order chi connectivity index (χ1) is 10.0. The summed E-state index contributed by atoms with van der Waals surface area (Å²) < 4.78 is 0. The molecule has 1 aromatic carbocycles. The van der Waals surface area contributed by atoms with E-state index in [2.05, 4.69) is 30.1 Å². The van der Waals surface area contributed by atoms with Gasteiger partial charge in [0.15, 0.2) is 0 Å². The number of hydrogen-bond acceptors (Lipinski definition) is 2. The van der Waals surface area contributed by atoms with Crippen molar-refractivity contribution in [3.63, 3.8) is 0 Å². The molecule has 1 heterocycles. The predicted molar refractivity (Wildman–Crippen MR) is 91.6 cm³/mol. The SMILES string of the molecule is CC(C)C1CNC2(CCCC2)CN1c1ccc(Cl)cc1Cl. The molecule has 1 saturated carbocycles. The molecule has 4 heteroatoms. The van der Waals surface area contributed by atoms with Crippen LogP contribution in [0.25, 0.3) is 0 Å². The van der Waals surface area contributed by atoms with Crippen molar-refractivity contribution in [1.82, 2.24) is 5.32 Å². The molecular weight excluding hydrogens is 303 g/mol. The van der Waals surface area contributed by atoms with E-state index in [1.54, 1.807) is 0 Å². The maximum atomic E-state index is 6.48. The Hall–Kier alpha value is -0.440. The van der Waals surface area contributed by atoms with Crippen LogP contribution in [0.1, 0.15) is 39.5 Å². The van der Waals surface area contributed by atoms with Crippen LogP contribution in [-0.4, -0.2) is 24.7 Å². The van der Waals surface area contributed by atoms with Gasteiger partial charge in [0.05, 0.1) is 10.7 Å². The minimum absolute atomic E-state index is 0.286. The van der Waals surface area contributed by atoms with Crippen molar-refractivity contribution in [3.05, 3.63) is 28.2 Å². The zero-order chi connectivity index (χ0) is 15.0. The summed E-state index contributed by atoms with van der Waals surface area (Å²) in [5.41, 5.74) is 1.42. The van der Waals surface area contributed by atoms with E-state index in [0.29, 0.717) is 17.0 Å². The van der Waals surface area contributed by atoms with Gasteiger partial charge in [0.2, 0.25) is 0 Å². The van der Waals surface area contributed by atoms with Gasteiger partial charge < -0.3 is 10.2 Å². The molecule has 21 heavy (non-hydrogen) atoms. The molecule has 1 aliphatic heterocycles. The fourth-order valence-electron chi connectivity index (χ4n) is 3.89. The number of nitrogens with one attached hydrogen (secondary N) is 1. The number of nitrogens with zero attached hydrogens (tertiary/aromatic N) is 1. The van der Waals surface area contributed by atoms with Crippen molar-refractivity contribution in [3.8, 4) is 0 Å². The molecule has 0 aromatic heterocycles. The standard InChI is InChI=1S/C17H24Cl2N2/c1-12(2)16-10-20-17(7-3-4-8-17)11-21(16)15-6-5-13(18)9-14(15)19/h5-6,9,12,16,20H,3-4,7-8,10-11H2,1-2H3. The largest absolute Gasteiger partial charge is 0.364 e. The van der Waals surface area contributed by atoms with E-state index in [9.17, 15) is 0 Å². The fourth-order valence-corrected chi connectivity index (χ4v) is 4.41. The summed E-state index contributed by atoms with van der Waals surface area (Å²) in [7, 11) is 0. The molecule has 1 spiro atoms. The highest BCUT2D eigenvalue weighted by Gasteiger charge is 2.42. The maximum Gasteiger partial charge on any atom is 0.0654 e. The minimum atomic E-state index is 0.286. The van der Waals surface area contributed by atoms with E-state index in [1.165, 1.54) is 25.7 Å². The Morgan fingerprint density at radius 1 is 1.24 bits per heavy atom. The lowest BCUT2D eigenvalue weighted by Gasteiger charge is -2.49. The summed E-state index contributed by atoms with van der Waals surface area (Å²) in [6.07, 6.45) is 5.22. The third-order valence-corrected chi connectivity index (χ3v) is 5.65. The number of benzene rings is 1. The molecule has 0 amide bonds. The van der Waals surface area contributed by atoms with Gasteiger partial charge in [0.25, 0.3) is 0 Å². The minimum Gasteiger partial charge on any atom is -0.364 e. The summed E-state index contributed by atoms with van der Waals surface area (Å²) in [6, 6.07) is 6.37. The zero-order valence-corrected chi connectivity index (χ0v) is 14.3. The normalized spacial score (nSPS) is 25.0. The Labute approximate surface area is 137 Å². The third kappa shape index (κ3) is 3.04. The fraction of sp³-hybridized carbons (Fsp3) is 0.647. The summed E-state index contributed by atoms with van der Waals surface area (Å²) in [5.74, 6) is 0.586. The van der Waals surface area contributed by atoms with Gasteiger partial charge in [0, 0.05) is 29.7 Å². The number of halogens is 2. The molecule has 1 aromatic rings. The van der Waals surface area contributed by atoms with E-state index in [1.807, 2.05) is 12.1 Å². The lowest BCUT2D eigenvalue weighted by molar-refractivity contribution is 0.246. The Bertz CT molecular complexity index is 510. The molecule has 1 atom stereocenters. The van der Waals surface area contributed by atoms with Gasteiger partial charge in [0.1, 0.15) is 0 Å². The van der Waals surface area contributed by atoms with Crippen LogP contribution in [-0.2, 0) is 0 Å². The molecule has 0 bridgehead atoms. The Kier molecular flexibility index (Phi) is 4.40. The number of hydrogen-bond donors (Lipinski definition) is 1. The average molecular weight is 327 g/mol. The molecular formula is C17H24Cl2N2. The molecule has 3 rings (SSSR count). The van der Waals surface area contributed by atoms with Crippen molar-refractivity contribution < 1.29 is 0 Å². The zero-order valence-electron chi connectivity index (χ0n) is 12.8. The van der Waals surface area contributed by atoms with E-state index in [4.69, 9.17) is 23.2 Å². The average Bonchev–Trinajstić information content (AvgIpc) is 2.86. The molecule has 1 unspecified atom stereocenters. The highest BCUT2D eigenvalue weighted by atomic mass is 35.5. The third-order valence-electron chi connectivity index (χ3n) is 5.11. The van der Waals surface area contributed by atoms with E-state index >= 15 is 0 Å². The summed E-state index contributed by atoms with van der Waals surface area (Å²) in [6.45, 7) is 6.67.